The molecule has 0 unspecified atom stereocenters. The Balaban J connectivity index is 4.81. The van der Waals surface area contributed by atoms with Crippen LogP contribution in [-0.2, 0) is 0 Å². The first-order valence-corrected chi connectivity index (χ1v) is 3.73. The fraction of sp³-hybridized carbons (Fsp3) is 0.333. The highest BCUT2D eigenvalue weighted by molar-refractivity contribution is 6.32. The minimum atomic E-state index is -0.428. The standard InChI is InChI=1S/C9H12ClF/c1-5-7(4)8(10)9(11)6(2)3/h5H,2H2,1,3-4H3/b7-5-,9-8-. The van der Waals surface area contributed by atoms with Crippen molar-refractivity contribution in [3.05, 3.63) is 34.7 Å². The fourth-order valence-corrected chi connectivity index (χ4v) is 0.758. The van der Waals surface area contributed by atoms with Crippen LogP contribution in [0.15, 0.2) is 34.7 Å². The number of hydrogen-bond donors (Lipinski definition) is 0. The highest BCUT2D eigenvalue weighted by atomic mass is 35.5. The molecule has 0 aliphatic heterocycles. The molecule has 62 valence electrons. The van der Waals surface area contributed by atoms with Crippen LogP contribution in [-0.4, -0.2) is 0 Å². The molecule has 0 radical (unpaired) electrons. The van der Waals surface area contributed by atoms with E-state index in [-0.39, 0.29) is 5.03 Å². The Hall–Kier alpha value is -0.560. The van der Waals surface area contributed by atoms with Crippen LogP contribution in [0.1, 0.15) is 20.8 Å². The van der Waals surface area contributed by atoms with Crippen LogP contribution >= 0.6 is 11.6 Å². The largest absolute Gasteiger partial charge is 0.205 e. The van der Waals surface area contributed by atoms with E-state index >= 15 is 0 Å². The summed E-state index contributed by atoms with van der Waals surface area (Å²) in [6.45, 7) is 8.60. The molecule has 0 fully saturated rings. The van der Waals surface area contributed by atoms with Crippen LogP contribution < -0.4 is 0 Å². The molecule has 0 amide bonds. The lowest BCUT2D eigenvalue weighted by atomic mass is 10.2. The summed E-state index contributed by atoms with van der Waals surface area (Å²) in [7, 11) is 0. The Morgan fingerprint density at radius 1 is 1.45 bits per heavy atom. The second kappa shape index (κ2) is 4.35. The molecule has 0 aliphatic rings. The summed E-state index contributed by atoms with van der Waals surface area (Å²) in [6, 6.07) is 0. The van der Waals surface area contributed by atoms with Crippen molar-refractivity contribution in [3.63, 3.8) is 0 Å². The lowest BCUT2D eigenvalue weighted by Gasteiger charge is -2.00. The number of halogens is 2. The van der Waals surface area contributed by atoms with Crippen molar-refractivity contribution in [2.45, 2.75) is 20.8 Å². The van der Waals surface area contributed by atoms with Crippen molar-refractivity contribution in [3.8, 4) is 0 Å². The molecule has 0 saturated heterocycles. The van der Waals surface area contributed by atoms with Gasteiger partial charge in [-0.2, -0.15) is 0 Å². The summed E-state index contributed by atoms with van der Waals surface area (Å²) < 4.78 is 13.0. The molecule has 0 nitrogen and oxygen atoms in total. The Labute approximate surface area is 72.1 Å². The first-order chi connectivity index (χ1) is 5.00. The lowest BCUT2D eigenvalue weighted by molar-refractivity contribution is 0.648. The predicted octanol–water partition coefficient (Wildman–Crippen LogP) is 3.95. The predicted molar refractivity (Wildman–Crippen MR) is 48.2 cm³/mol. The van der Waals surface area contributed by atoms with Crippen molar-refractivity contribution in [1.29, 1.82) is 0 Å². The fourth-order valence-electron chi connectivity index (χ4n) is 0.487. The molecule has 0 aromatic heterocycles. The van der Waals surface area contributed by atoms with Gasteiger partial charge in [0.15, 0.2) is 0 Å². The van der Waals surface area contributed by atoms with Crippen molar-refractivity contribution >= 4 is 11.6 Å². The van der Waals surface area contributed by atoms with Crippen LogP contribution in [0.4, 0.5) is 4.39 Å². The zero-order valence-electron chi connectivity index (χ0n) is 7.04. The first-order valence-electron chi connectivity index (χ1n) is 3.35. The summed E-state index contributed by atoms with van der Waals surface area (Å²) in [5, 5.41) is 0.153. The minimum absolute atomic E-state index is 0.153. The highest BCUT2D eigenvalue weighted by Crippen LogP contribution is 2.23. The van der Waals surface area contributed by atoms with Gasteiger partial charge in [0.05, 0.1) is 5.03 Å². The Kier molecular flexibility index (Phi) is 4.12. The van der Waals surface area contributed by atoms with Gasteiger partial charge in [-0.15, -0.1) is 0 Å². The lowest BCUT2D eigenvalue weighted by Crippen LogP contribution is -1.82. The second-order valence-electron chi connectivity index (χ2n) is 2.38. The molecular weight excluding hydrogens is 163 g/mol. The van der Waals surface area contributed by atoms with Gasteiger partial charge in [0, 0.05) is 0 Å². The van der Waals surface area contributed by atoms with E-state index in [0.717, 1.165) is 5.57 Å². The van der Waals surface area contributed by atoms with Gasteiger partial charge >= 0.3 is 0 Å². The average molecular weight is 175 g/mol. The van der Waals surface area contributed by atoms with Crippen LogP contribution in [0.3, 0.4) is 0 Å². The first kappa shape index (κ1) is 10.4. The van der Waals surface area contributed by atoms with Crippen LogP contribution in [0.25, 0.3) is 0 Å². The molecule has 0 aromatic rings. The summed E-state index contributed by atoms with van der Waals surface area (Å²) in [5.74, 6) is -0.428. The van der Waals surface area contributed by atoms with Gasteiger partial charge in [-0.05, 0) is 31.9 Å². The molecule has 2 heteroatoms. The molecule has 11 heavy (non-hydrogen) atoms. The number of hydrogen-bond acceptors (Lipinski definition) is 0. The Morgan fingerprint density at radius 3 is 2.18 bits per heavy atom. The van der Waals surface area contributed by atoms with E-state index in [0.29, 0.717) is 5.57 Å². The molecule has 0 atom stereocenters. The van der Waals surface area contributed by atoms with Gasteiger partial charge in [-0.25, -0.2) is 4.39 Å². The maximum Gasteiger partial charge on any atom is 0.144 e. The van der Waals surface area contributed by atoms with Crippen LogP contribution in [0.5, 0.6) is 0 Å². The molecular formula is C9H12ClF. The van der Waals surface area contributed by atoms with E-state index in [1.54, 1.807) is 19.9 Å². The third kappa shape index (κ3) is 2.89. The van der Waals surface area contributed by atoms with Gasteiger partial charge in [-0.3, -0.25) is 0 Å². The van der Waals surface area contributed by atoms with Gasteiger partial charge in [0.1, 0.15) is 5.83 Å². The Bertz CT molecular complexity index is 224. The smallest absolute Gasteiger partial charge is 0.144 e. The van der Waals surface area contributed by atoms with Crippen molar-refractivity contribution in [1.82, 2.24) is 0 Å². The minimum Gasteiger partial charge on any atom is -0.205 e. The molecule has 0 heterocycles. The monoisotopic (exact) mass is 174 g/mol. The summed E-state index contributed by atoms with van der Waals surface area (Å²) in [6.07, 6.45) is 1.75. The molecule has 0 saturated carbocycles. The van der Waals surface area contributed by atoms with E-state index in [1.165, 1.54) is 0 Å². The molecule has 0 bridgehead atoms. The third-order valence-corrected chi connectivity index (χ3v) is 1.81. The number of rotatable bonds is 2. The van der Waals surface area contributed by atoms with Gasteiger partial charge < -0.3 is 0 Å². The van der Waals surface area contributed by atoms with Gasteiger partial charge in [-0.1, -0.05) is 24.3 Å². The van der Waals surface area contributed by atoms with E-state index in [4.69, 9.17) is 11.6 Å². The van der Waals surface area contributed by atoms with Crippen molar-refractivity contribution < 1.29 is 4.39 Å². The summed E-state index contributed by atoms with van der Waals surface area (Å²) in [5.41, 5.74) is 1.09. The van der Waals surface area contributed by atoms with Crippen molar-refractivity contribution in [2.24, 2.45) is 0 Å². The average Bonchev–Trinajstić information content (AvgIpc) is 2.00. The topological polar surface area (TPSA) is 0 Å². The van der Waals surface area contributed by atoms with Gasteiger partial charge in [0.2, 0.25) is 0 Å². The third-order valence-electron chi connectivity index (χ3n) is 1.35. The second-order valence-corrected chi connectivity index (χ2v) is 2.76. The van der Waals surface area contributed by atoms with Crippen LogP contribution in [0.2, 0.25) is 0 Å². The summed E-state index contributed by atoms with van der Waals surface area (Å²) in [4.78, 5) is 0. The zero-order chi connectivity index (χ0) is 9.02. The van der Waals surface area contributed by atoms with E-state index in [1.807, 2.05) is 6.92 Å². The molecule has 0 N–H and O–H groups in total. The zero-order valence-corrected chi connectivity index (χ0v) is 7.80. The Morgan fingerprint density at radius 2 is 1.91 bits per heavy atom. The molecule has 0 aromatic carbocycles. The maximum absolute atomic E-state index is 13.0. The maximum atomic E-state index is 13.0. The highest BCUT2D eigenvalue weighted by Gasteiger charge is 2.04. The molecule has 0 rings (SSSR count). The van der Waals surface area contributed by atoms with E-state index in [2.05, 4.69) is 6.58 Å². The SMILES string of the molecule is C=C(C)/C(F)=C(Cl)\C(C)=C/C. The quantitative estimate of drug-likeness (QED) is 0.556. The number of allylic oxidation sites excluding steroid dienone is 5. The normalized spacial score (nSPS) is 14.5. The van der Waals surface area contributed by atoms with Crippen LogP contribution in [0, 0.1) is 0 Å². The summed E-state index contributed by atoms with van der Waals surface area (Å²) >= 11 is 5.65. The molecule has 0 aliphatic carbocycles. The van der Waals surface area contributed by atoms with Gasteiger partial charge in [0.25, 0.3) is 0 Å². The van der Waals surface area contributed by atoms with Crippen molar-refractivity contribution in [2.75, 3.05) is 0 Å². The van der Waals surface area contributed by atoms with E-state index in [9.17, 15) is 4.39 Å². The van der Waals surface area contributed by atoms with E-state index < -0.39 is 5.83 Å². The molecule has 0 spiro atoms.